The summed E-state index contributed by atoms with van der Waals surface area (Å²) in [6, 6.07) is 0. The molecule has 0 bridgehead atoms. The zero-order chi connectivity index (χ0) is 15.9. The Morgan fingerprint density at radius 3 is 1.80 bits per heavy atom. The maximum absolute atomic E-state index is 2.51. The lowest BCUT2D eigenvalue weighted by Gasteiger charge is -2.41. The Kier molecular flexibility index (Phi) is 9.11. The molecule has 0 saturated heterocycles. The molecule has 0 spiro atoms. The fraction of sp³-hybridized carbons (Fsp3) is 1.00. The van der Waals surface area contributed by atoms with Crippen LogP contribution in [0.1, 0.15) is 94.4 Å². The first kappa shape index (κ1) is 20.0. The van der Waals surface area contributed by atoms with Crippen LogP contribution in [0.4, 0.5) is 0 Å². The van der Waals surface area contributed by atoms with Gasteiger partial charge in [-0.05, 0) is 41.4 Å². The van der Waals surface area contributed by atoms with Gasteiger partial charge in [0.25, 0.3) is 0 Å². The predicted octanol–water partition coefficient (Wildman–Crippen LogP) is 7.18. The smallest absolute Gasteiger partial charge is 0.0323 e. The summed E-state index contributed by atoms with van der Waals surface area (Å²) in [6.07, 6.45) is 6.83. The van der Waals surface area contributed by atoms with Crippen molar-refractivity contribution in [3.63, 3.8) is 0 Å². The van der Waals surface area contributed by atoms with Crippen molar-refractivity contribution in [3.05, 3.63) is 0 Å². The van der Waals surface area contributed by atoms with E-state index in [4.69, 9.17) is 0 Å². The van der Waals surface area contributed by atoms with Crippen LogP contribution in [0.5, 0.6) is 0 Å². The third kappa shape index (κ3) is 6.19. The highest BCUT2D eigenvalue weighted by molar-refractivity contribution is 4.84. The van der Waals surface area contributed by atoms with Gasteiger partial charge in [-0.1, -0.05) is 88.0 Å². The lowest BCUT2D eigenvalue weighted by molar-refractivity contribution is 0.0825. The zero-order valence-electron chi connectivity index (χ0n) is 15.9. The van der Waals surface area contributed by atoms with Gasteiger partial charge in [0.2, 0.25) is 0 Å². The minimum Gasteiger partial charge on any atom is -0.0654 e. The van der Waals surface area contributed by atoms with E-state index in [9.17, 15) is 0 Å². The lowest BCUT2D eigenvalue weighted by Crippen LogP contribution is -2.33. The highest BCUT2D eigenvalue weighted by Gasteiger charge is 2.34. The van der Waals surface area contributed by atoms with E-state index in [0.717, 1.165) is 29.6 Å². The summed E-state index contributed by atoms with van der Waals surface area (Å²) in [4.78, 5) is 0. The molecule has 20 heavy (non-hydrogen) atoms. The molecule has 0 aromatic heterocycles. The van der Waals surface area contributed by atoms with Gasteiger partial charge in [-0.15, -0.1) is 0 Å². The summed E-state index contributed by atoms with van der Waals surface area (Å²) in [5.41, 5.74) is 0.463. The highest BCUT2D eigenvalue weighted by Crippen LogP contribution is 2.43. The van der Waals surface area contributed by atoms with Crippen molar-refractivity contribution < 1.29 is 0 Å². The van der Waals surface area contributed by atoms with E-state index in [0.29, 0.717) is 5.41 Å². The number of hydrogen-bond donors (Lipinski definition) is 0. The standard InChI is InChI=1S/C20H42/c1-10-12-13-16(5)17(6)14-20(8,9)18(7)19(11-2)15(3)4/h15-19H,10-14H2,1-9H3. The summed E-state index contributed by atoms with van der Waals surface area (Å²) in [6.45, 7) is 21.9. The van der Waals surface area contributed by atoms with E-state index >= 15 is 0 Å². The van der Waals surface area contributed by atoms with Gasteiger partial charge in [-0.3, -0.25) is 0 Å². The molecule has 0 amide bonds. The van der Waals surface area contributed by atoms with Gasteiger partial charge < -0.3 is 0 Å². The van der Waals surface area contributed by atoms with Crippen molar-refractivity contribution in [2.45, 2.75) is 94.4 Å². The second kappa shape index (κ2) is 9.11. The Morgan fingerprint density at radius 1 is 0.850 bits per heavy atom. The van der Waals surface area contributed by atoms with Crippen LogP contribution >= 0.6 is 0 Å². The molecule has 0 saturated carbocycles. The van der Waals surface area contributed by atoms with Crippen LogP contribution in [0.3, 0.4) is 0 Å². The molecule has 0 aliphatic rings. The first-order valence-corrected chi connectivity index (χ1v) is 9.17. The van der Waals surface area contributed by atoms with Crippen molar-refractivity contribution >= 4 is 0 Å². The predicted molar refractivity (Wildman–Crippen MR) is 94.0 cm³/mol. The normalized spacial score (nSPS) is 18.9. The molecular weight excluding hydrogens is 240 g/mol. The van der Waals surface area contributed by atoms with E-state index in [1.54, 1.807) is 0 Å². The molecule has 0 rings (SSSR count). The summed E-state index contributed by atoms with van der Waals surface area (Å²) in [5, 5.41) is 0. The van der Waals surface area contributed by atoms with Crippen LogP contribution in [0.25, 0.3) is 0 Å². The first-order chi connectivity index (χ1) is 9.17. The monoisotopic (exact) mass is 282 g/mol. The molecule has 0 aromatic carbocycles. The average Bonchev–Trinajstić information content (AvgIpc) is 2.35. The topological polar surface area (TPSA) is 0 Å². The molecule has 0 heterocycles. The average molecular weight is 283 g/mol. The molecule has 0 aliphatic carbocycles. The Labute approximate surface area is 130 Å². The van der Waals surface area contributed by atoms with E-state index in [1.165, 1.54) is 32.1 Å². The first-order valence-electron chi connectivity index (χ1n) is 9.17. The highest BCUT2D eigenvalue weighted by atomic mass is 14.4. The fourth-order valence-corrected chi connectivity index (χ4v) is 4.01. The largest absolute Gasteiger partial charge is 0.0654 e. The van der Waals surface area contributed by atoms with Crippen molar-refractivity contribution in [1.82, 2.24) is 0 Å². The van der Waals surface area contributed by atoms with Crippen LogP contribution in [0.2, 0.25) is 0 Å². The Bertz CT molecular complexity index is 238. The minimum absolute atomic E-state index is 0.463. The summed E-state index contributed by atoms with van der Waals surface area (Å²) in [7, 11) is 0. The number of rotatable bonds is 10. The van der Waals surface area contributed by atoms with Crippen molar-refractivity contribution in [3.8, 4) is 0 Å². The third-order valence-electron chi connectivity index (χ3n) is 6.04. The molecule has 0 aliphatic heterocycles. The van der Waals surface area contributed by atoms with Crippen LogP contribution in [0.15, 0.2) is 0 Å². The van der Waals surface area contributed by atoms with E-state index in [2.05, 4.69) is 62.3 Å². The maximum Gasteiger partial charge on any atom is -0.0323 e. The van der Waals surface area contributed by atoms with Gasteiger partial charge in [0.1, 0.15) is 0 Å². The maximum atomic E-state index is 2.51. The molecular formula is C20H42. The van der Waals surface area contributed by atoms with Crippen LogP contribution in [-0.2, 0) is 0 Å². The second-order valence-electron chi connectivity index (χ2n) is 8.39. The lowest BCUT2D eigenvalue weighted by atomic mass is 9.64. The third-order valence-corrected chi connectivity index (χ3v) is 6.04. The molecule has 0 N–H and O–H groups in total. The van der Waals surface area contributed by atoms with Gasteiger partial charge in [0, 0.05) is 0 Å². The Balaban J connectivity index is 4.62. The molecule has 0 fully saturated rings. The second-order valence-corrected chi connectivity index (χ2v) is 8.39. The zero-order valence-corrected chi connectivity index (χ0v) is 15.9. The molecule has 4 atom stereocenters. The van der Waals surface area contributed by atoms with Gasteiger partial charge in [0.15, 0.2) is 0 Å². The van der Waals surface area contributed by atoms with E-state index in [1.807, 2.05) is 0 Å². The molecule has 0 radical (unpaired) electrons. The molecule has 0 nitrogen and oxygen atoms in total. The Morgan fingerprint density at radius 2 is 1.40 bits per heavy atom. The molecule has 0 heteroatoms. The molecule has 122 valence electrons. The fourth-order valence-electron chi connectivity index (χ4n) is 4.01. The van der Waals surface area contributed by atoms with Crippen LogP contribution < -0.4 is 0 Å². The van der Waals surface area contributed by atoms with Gasteiger partial charge >= 0.3 is 0 Å². The quantitative estimate of drug-likeness (QED) is 0.398. The van der Waals surface area contributed by atoms with Crippen molar-refractivity contribution in [2.75, 3.05) is 0 Å². The summed E-state index contributed by atoms with van der Waals surface area (Å²) >= 11 is 0. The molecule has 4 unspecified atom stereocenters. The number of unbranched alkanes of at least 4 members (excludes halogenated alkanes) is 1. The summed E-state index contributed by atoms with van der Waals surface area (Å²) < 4.78 is 0. The van der Waals surface area contributed by atoms with Gasteiger partial charge in [0.05, 0.1) is 0 Å². The van der Waals surface area contributed by atoms with Crippen molar-refractivity contribution in [2.24, 2.45) is 35.0 Å². The van der Waals surface area contributed by atoms with Gasteiger partial charge in [-0.2, -0.15) is 0 Å². The molecule has 0 aromatic rings. The minimum atomic E-state index is 0.463. The summed E-state index contributed by atoms with van der Waals surface area (Å²) in [5.74, 6) is 4.21. The van der Waals surface area contributed by atoms with Gasteiger partial charge in [-0.25, -0.2) is 0 Å². The Hall–Kier alpha value is 0. The SMILES string of the molecule is CCCCC(C)C(C)CC(C)(C)C(C)C(CC)C(C)C. The van der Waals surface area contributed by atoms with E-state index < -0.39 is 0 Å². The number of hydrogen-bond acceptors (Lipinski definition) is 0. The van der Waals surface area contributed by atoms with Crippen LogP contribution in [-0.4, -0.2) is 0 Å². The van der Waals surface area contributed by atoms with Crippen LogP contribution in [0, 0.1) is 35.0 Å². The van der Waals surface area contributed by atoms with E-state index in [-0.39, 0.29) is 0 Å². The van der Waals surface area contributed by atoms with Crippen molar-refractivity contribution in [1.29, 1.82) is 0 Å².